The zero-order valence-electron chi connectivity index (χ0n) is 27.1. The van der Waals surface area contributed by atoms with Gasteiger partial charge in [-0.15, -0.1) is 0 Å². The van der Waals surface area contributed by atoms with Crippen LogP contribution in [0.15, 0.2) is 30.3 Å². The van der Waals surface area contributed by atoms with Gasteiger partial charge in [0.05, 0.1) is 0 Å². The summed E-state index contributed by atoms with van der Waals surface area (Å²) in [6.45, 7) is 8.00. The predicted octanol–water partition coefficient (Wildman–Crippen LogP) is 3.29. The normalized spacial score (nSPS) is 1.74. The van der Waals surface area contributed by atoms with Crippen molar-refractivity contribution >= 4 is 9.06 Å². The molecule has 0 amide bonds. The third-order valence-corrected chi connectivity index (χ3v) is 0.940. The monoisotopic (exact) mass is 8460 g/mol. The Morgan fingerprint density at radius 1 is 0.310 bits per heavy atom. The average Bonchev–Trinajstić information content (AvgIpc) is 2.48. The van der Waals surface area contributed by atoms with Crippen molar-refractivity contribution in [3.05, 3.63) is 35.9 Å². The van der Waals surface area contributed by atoms with E-state index >= 15 is 0 Å². The molecule has 0 unspecified atom stereocenters. The van der Waals surface area contributed by atoms with Crippen molar-refractivity contribution in [2.45, 2.75) is 27.7 Å². The van der Waals surface area contributed by atoms with Crippen molar-refractivity contribution in [1.29, 1.82) is 0 Å². The second-order valence-electron chi connectivity index (χ2n) is 1.94. The van der Waals surface area contributed by atoms with Crippen LogP contribution < -0.4 is 0 Å². The van der Waals surface area contributed by atoms with Gasteiger partial charge in [0.2, 0.25) is 0 Å². The van der Waals surface area contributed by atoms with Crippen molar-refractivity contribution in [3.63, 3.8) is 0 Å². The molecule has 1 rings (SSSR count). The Kier molecular flexibility index (Phi) is 2390. The molecule has 0 spiro atoms. The van der Waals surface area contributed by atoms with Crippen LogP contribution in [0, 0.1) is 6.92 Å². The summed E-state index contributed by atoms with van der Waals surface area (Å²) < 4.78 is 14.2. The Bertz CT molecular complexity index is 263. The molecule has 46 heteroatoms. The second-order valence-corrected chi connectivity index (χ2v) is 3.96. The summed E-state index contributed by atoms with van der Waals surface area (Å²) in [7, 11) is 0. The molecular weight excluding hydrogens is 8440 g/mol. The van der Waals surface area contributed by atoms with E-state index in [2.05, 4.69) is 23.5 Å². The Hall–Kier alpha value is 29.9. The molecule has 344 valence electrons. The molecule has 0 aliphatic heterocycles. The van der Waals surface area contributed by atoms with E-state index in [1.54, 1.807) is 64.9 Å². The molecule has 0 aliphatic rings. The molecular formula is C12H17FW45-2. The van der Waals surface area contributed by atoms with Crippen LogP contribution in [0.4, 0.5) is 4.39 Å². The van der Waals surface area contributed by atoms with Crippen molar-refractivity contribution in [3.8, 4) is 0 Å². The first-order valence-corrected chi connectivity index (χ1v) is 29.8. The molecule has 1 aromatic carbocycles. The Morgan fingerprint density at radius 2 is 0.379 bits per heavy atom. The van der Waals surface area contributed by atoms with E-state index in [-0.39, 0.29) is 822 Å². The first kappa shape index (κ1) is 345. The van der Waals surface area contributed by atoms with E-state index in [4.69, 9.17) is 0 Å². The molecule has 58 heavy (non-hydrogen) atoms. The Labute approximate surface area is 972 Å². The van der Waals surface area contributed by atoms with Gasteiger partial charge < -0.3 is 0 Å². The maximum atomic E-state index is 10.1. The first-order valence-electron chi connectivity index (χ1n) is 4.84. The summed E-state index contributed by atoms with van der Waals surface area (Å²) in [6, 6.07) is 10.3. The maximum absolute atomic E-state index is 10.1. The van der Waals surface area contributed by atoms with Gasteiger partial charge in [0.25, 0.3) is 0 Å². The summed E-state index contributed by atoms with van der Waals surface area (Å²) >= 11 is 8.84. The van der Waals surface area contributed by atoms with Gasteiger partial charge in [0, 0.05) is 822 Å². The molecule has 0 nitrogen and oxygen atoms in total. The van der Waals surface area contributed by atoms with Gasteiger partial charge in [-0.05, 0) is 6.92 Å². The molecule has 1 aromatic rings. The molecule has 0 atom stereocenters. The van der Waals surface area contributed by atoms with Crippen LogP contribution in [-0.2, 0) is 925 Å². The molecule has 0 saturated carbocycles. The summed E-state index contributed by atoms with van der Waals surface area (Å²) in [5, 5.41) is 0. The summed E-state index contributed by atoms with van der Waals surface area (Å²) in [5.41, 5.74) is 1.32. The minimum absolute atomic E-state index is 0. The van der Waals surface area contributed by atoms with Gasteiger partial charge in [-0.2, -0.15) is 0 Å². The Balaban J connectivity index is -0.000000000879. The Morgan fingerprint density at radius 3 is 0.414 bits per heavy atom. The van der Waals surface area contributed by atoms with E-state index in [1.165, 1.54) is 29.6 Å². The minimum atomic E-state index is 0. The van der Waals surface area contributed by atoms with Crippen molar-refractivity contribution < 1.29 is 930 Å². The molecule has 0 bridgehead atoms. The molecule has 0 fully saturated rings. The molecule has 0 radical (unpaired) electrons. The second kappa shape index (κ2) is 403. The summed E-state index contributed by atoms with van der Waals surface area (Å²) in [4.78, 5) is 0. The molecule has 0 N–H and O–H groups in total. The van der Waals surface area contributed by atoms with E-state index in [0.29, 0.717) is 0 Å². The van der Waals surface area contributed by atoms with Gasteiger partial charge in [-0.3, -0.25) is 0 Å². The van der Waals surface area contributed by atoms with Crippen LogP contribution >= 0.6 is 0 Å². The number of aryl methyl sites for hydroxylation is 1. The van der Waals surface area contributed by atoms with Gasteiger partial charge in [-0.25, -0.2) is 0 Å². The standard InChI is InChI=1S/C7H8.C2H6.C2H3.CF.45W/c1-7-5-3-2-4-6-7;3*1-2;;;;;;;;;;;;;;;;;;;;;;;;;;;;;;;;;;;;;;;;;;;;;/h2-6H,1H3;1-2H3;1H3;;;;;;;;;;;;;;;;;;;;;;;;;;;;;;;;;;;;;;;;;;;;;;/q;;2*-1;;;;;;;;;;;;;;;;;;;;;;;;;;;;;;;;;;;;;;;;;;;;;. The topological polar surface area (TPSA) is 0 Å². The van der Waals surface area contributed by atoms with E-state index in [0.717, 1.165) is 19.4 Å². The number of hydrogen-bond donors (Lipinski definition) is 0. The fourth-order valence-corrected chi connectivity index (χ4v) is 0.534. The summed E-state index contributed by atoms with van der Waals surface area (Å²) in [5.74, 6) is 0. The number of halogens is 1. The average molecular weight is 8450 g/mol. The van der Waals surface area contributed by atoms with Crippen LogP contribution in [-0.4, -0.2) is 9.06 Å². The number of rotatable bonds is 0. The zero-order chi connectivity index (χ0) is 16.5. The van der Waals surface area contributed by atoms with E-state index in [1.807, 2.05) is 39.0 Å². The van der Waals surface area contributed by atoms with Crippen LogP contribution in [0.2, 0.25) is 0 Å². The zero-order valence-corrected chi connectivity index (χ0v) is 159. The van der Waals surface area contributed by atoms with Crippen molar-refractivity contribution in [2.24, 2.45) is 0 Å². The SMILES string of the molecule is CC.C[C-]=[W].Cc1ccccc1.F[C-]=[W].[W].[W].[W].[W].[W].[W].[W].[W].[W].[W].[W].[W].[W].[W].[W].[W].[W].[W].[W].[W].[W].[W].[W].[W].[W].[W].[W].[W].[W].[W].[W].[W].[W].[W].[W].[W].[W].[W].[W].[W]=[W].[W]=[W]. The van der Waals surface area contributed by atoms with Crippen LogP contribution in [0.3, 0.4) is 0 Å². The van der Waals surface area contributed by atoms with Crippen LogP contribution in [0.1, 0.15) is 26.3 Å². The fourth-order valence-electron chi connectivity index (χ4n) is 0.534. The third kappa shape index (κ3) is 431. The quantitative estimate of drug-likeness (QED) is 0.351. The molecule has 0 aromatic heterocycles. The fraction of sp³-hybridized carbons (Fsp3) is 0.333. The van der Waals surface area contributed by atoms with Crippen molar-refractivity contribution in [2.75, 3.05) is 0 Å². The predicted molar refractivity (Wildman–Crippen MR) is 59.3 cm³/mol. The van der Waals surface area contributed by atoms with Crippen LogP contribution in [0.5, 0.6) is 0 Å². The molecule has 0 heterocycles. The van der Waals surface area contributed by atoms with Crippen molar-refractivity contribution in [1.82, 2.24) is 0 Å². The van der Waals surface area contributed by atoms with Crippen LogP contribution in [0.25, 0.3) is 0 Å². The first-order chi connectivity index (χ1) is 9.22. The van der Waals surface area contributed by atoms with Gasteiger partial charge >= 0.3 is 124 Å². The third-order valence-electron chi connectivity index (χ3n) is 0.940. The number of benzene rings is 1. The van der Waals surface area contributed by atoms with Gasteiger partial charge in [0.1, 0.15) is 0 Å². The van der Waals surface area contributed by atoms with E-state index in [9.17, 15) is 4.39 Å². The molecule has 0 aliphatic carbocycles. The van der Waals surface area contributed by atoms with E-state index < -0.39 is 0 Å². The van der Waals surface area contributed by atoms with Gasteiger partial charge in [0.15, 0.2) is 0 Å². The summed E-state index contributed by atoms with van der Waals surface area (Å²) in [6.07, 6.45) is 0. The van der Waals surface area contributed by atoms with Gasteiger partial charge in [-0.1, -0.05) is 49.7 Å². The number of hydrogen-bond acceptors (Lipinski definition) is 0. The molecule has 0 saturated heterocycles.